The minimum absolute atomic E-state index is 0.263. The van der Waals surface area contributed by atoms with Crippen molar-refractivity contribution < 1.29 is 0 Å². The van der Waals surface area contributed by atoms with E-state index in [1.165, 1.54) is 30.5 Å². The lowest BCUT2D eigenvalue weighted by Crippen LogP contribution is -2.33. The summed E-state index contributed by atoms with van der Waals surface area (Å²) in [4.78, 5) is 4.54. The summed E-state index contributed by atoms with van der Waals surface area (Å²) in [7, 11) is 0. The fraction of sp³-hybridized carbons (Fsp3) is 0.615. The highest BCUT2D eigenvalue weighted by Crippen LogP contribution is 2.32. The second kappa shape index (κ2) is 5.69. The normalized spacial score (nSPS) is 21.5. The summed E-state index contributed by atoms with van der Waals surface area (Å²) >= 11 is 1.93. The Morgan fingerprint density at radius 3 is 3.31 bits per heavy atom. The Morgan fingerprint density at radius 2 is 2.50 bits per heavy atom. The Morgan fingerprint density at radius 1 is 1.62 bits per heavy atom. The molecule has 2 unspecified atom stereocenters. The van der Waals surface area contributed by atoms with Crippen LogP contribution in [-0.4, -0.2) is 22.5 Å². The van der Waals surface area contributed by atoms with Crippen LogP contribution in [0.5, 0.6) is 0 Å². The maximum absolute atomic E-state index is 6.29. The Labute approximate surface area is 102 Å². The summed E-state index contributed by atoms with van der Waals surface area (Å²) in [6.07, 6.45) is 5.54. The number of aryl methyl sites for hydroxylation is 1. The standard InChI is InChI=1S/C13H20N2S/c1-2-16-9-12(14)11-7-3-5-10-6-4-8-15-13(10)11/h4,6,8,11-12H,2-3,5,7,9,14H2,1H3. The molecule has 1 aliphatic rings. The molecule has 0 fully saturated rings. The van der Waals surface area contributed by atoms with Gasteiger partial charge >= 0.3 is 0 Å². The van der Waals surface area contributed by atoms with Crippen molar-refractivity contribution in [2.24, 2.45) is 5.73 Å². The monoisotopic (exact) mass is 236 g/mol. The van der Waals surface area contributed by atoms with Crippen molar-refractivity contribution in [3.63, 3.8) is 0 Å². The number of hydrogen-bond acceptors (Lipinski definition) is 3. The van der Waals surface area contributed by atoms with Gasteiger partial charge in [-0.2, -0.15) is 11.8 Å². The van der Waals surface area contributed by atoms with Gasteiger partial charge in [-0.25, -0.2) is 0 Å². The molecule has 1 heterocycles. The zero-order valence-corrected chi connectivity index (χ0v) is 10.7. The number of nitrogens with zero attached hydrogens (tertiary/aromatic N) is 1. The van der Waals surface area contributed by atoms with Gasteiger partial charge < -0.3 is 5.73 Å². The number of hydrogen-bond donors (Lipinski definition) is 1. The minimum atomic E-state index is 0.263. The van der Waals surface area contributed by atoms with Crippen molar-refractivity contribution in [3.8, 4) is 0 Å². The SMILES string of the molecule is CCSCC(N)C1CCCc2cccnc21. The largest absolute Gasteiger partial charge is 0.326 e. The van der Waals surface area contributed by atoms with Crippen LogP contribution in [0.2, 0.25) is 0 Å². The van der Waals surface area contributed by atoms with Crippen LogP contribution in [0.15, 0.2) is 18.3 Å². The molecular formula is C13H20N2S. The van der Waals surface area contributed by atoms with Crippen molar-refractivity contribution in [2.75, 3.05) is 11.5 Å². The van der Waals surface area contributed by atoms with E-state index >= 15 is 0 Å². The lowest BCUT2D eigenvalue weighted by atomic mass is 9.83. The second-order valence-corrected chi connectivity index (χ2v) is 5.69. The lowest BCUT2D eigenvalue weighted by molar-refractivity contribution is 0.477. The molecule has 1 aliphatic carbocycles. The molecule has 2 atom stereocenters. The second-order valence-electron chi connectivity index (χ2n) is 4.37. The fourth-order valence-corrected chi connectivity index (χ4v) is 3.17. The van der Waals surface area contributed by atoms with E-state index in [1.54, 1.807) is 0 Å². The fourth-order valence-electron chi connectivity index (χ4n) is 2.43. The summed E-state index contributed by atoms with van der Waals surface area (Å²) in [5, 5.41) is 0. The Bertz CT molecular complexity index is 340. The molecule has 2 N–H and O–H groups in total. The van der Waals surface area contributed by atoms with Gasteiger partial charge in [0.25, 0.3) is 0 Å². The molecule has 0 aromatic carbocycles. The van der Waals surface area contributed by atoms with Crippen LogP contribution in [0.4, 0.5) is 0 Å². The smallest absolute Gasteiger partial charge is 0.0482 e. The van der Waals surface area contributed by atoms with Gasteiger partial charge in [0.1, 0.15) is 0 Å². The molecule has 0 aliphatic heterocycles. The van der Waals surface area contributed by atoms with Gasteiger partial charge in [-0.3, -0.25) is 4.98 Å². The van der Waals surface area contributed by atoms with E-state index in [1.807, 2.05) is 24.0 Å². The molecule has 1 aromatic heterocycles. The Kier molecular flexibility index (Phi) is 4.24. The highest BCUT2D eigenvalue weighted by molar-refractivity contribution is 7.99. The average molecular weight is 236 g/mol. The van der Waals surface area contributed by atoms with E-state index in [0.29, 0.717) is 5.92 Å². The molecule has 1 aromatic rings. The zero-order chi connectivity index (χ0) is 11.4. The van der Waals surface area contributed by atoms with E-state index in [0.717, 1.165) is 11.5 Å². The summed E-state index contributed by atoms with van der Waals surface area (Å²) in [6, 6.07) is 4.50. The molecule has 2 nitrogen and oxygen atoms in total. The first-order chi connectivity index (χ1) is 7.83. The highest BCUT2D eigenvalue weighted by atomic mass is 32.2. The van der Waals surface area contributed by atoms with Crippen LogP contribution in [-0.2, 0) is 6.42 Å². The molecule has 0 saturated carbocycles. The van der Waals surface area contributed by atoms with E-state index in [-0.39, 0.29) is 6.04 Å². The first kappa shape index (κ1) is 11.9. The van der Waals surface area contributed by atoms with E-state index in [4.69, 9.17) is 5.73 Å². The first-order valence-corrected chi connectivity index (χ1v) is 7.25. The number of fused-ring (bicyclic) bond motifs is 1. The van der Waals surface area contributed by atoms with E-state index in [2.05, 4.69) is 18.0 Å². The molecule has 0 radical (unpaired) electrons. The maximum atomic E-state index is 6.29. The van der Waals surface area contributed by atoms with Crippen molar-refractivity contribution in [2.45, 2.75) is 38.1 Å². The van der Waals surface area contributed by atoms with Crippen molar-refractivity contribution >= 4 is 11.8 Å². The third-order valence-corrected chi connectivity index (χ3v) is 4.30. The molecular weight excluding hydrogens is 216 g/mol. The molecule has 0 amide bonds. The van der Waals surface area contributed by atoms with Crippen LogP contribution in [0, 0.1) is 0 Å². The third-order valence-electron chi connectivity index (χ3n) is 3.27. The number of rotatable bonds is 4. The quantitative estimate of drug-likeness (QED) is 0.873. The molecule has 3 heteroatoms. The Balaban J connectivity index is 2.12. The molecule has 0 bridgehead atoms. The first-order valence-electron chi connectivity index (χ1n) is 6.10. The number of aromatic nitrogens is 1. The Hall–Kier alpha value is -0.540. The van der Waals surface area contributed by atoms with Gasteiger partial charge in [-0.1, -0.05) is 13.0 Å². The van der Waals surface area contributed by atoms with Crippen molar-refractivity contribution in [1.82, 2.24) is 4.98 Å². The van der Waals surface area contributed by atoms with Crippen molar-refractivity contribution in [3.05, 3.63) is 29.6 Å². The van der Waals surface area contributed by atoms with Crippen LogP contribution in [0.1, 0.15) is 36.9 Å². The van der Waals surface area contributed by atoms with E-state index in [9.17, 15) is 0 Å². The summed E-state index contributed by atoms with van der Waals surface area (Å²) in [5.41, 5.74) is 8.96. The molecule has 88 valence electrons. The summed E-state index contributed by atoms with van der Waals surface area (Å²) in [6.45, 7) is 2.18. The lowest BCUT2D eigenvalue weighted by Gasteiger charge is -2.28. The number of pyridine rings is 1. The predicted octanol–water partition coefficient (Wildman–Crippen LogP) is 2.58. The van der Waals surface area contributed by atoms with Gasteiger partial charge in [0.2, 0.25) is 0 Å². The van der Waals surface area contributed by atoms with Crippen LogP contribution >= 0.6 is 11.8 Å². The molecule has 0 spiro atoms. The maximum Gasteiger partial charge on any atom is 0.0482 e. The number of nitrogens with two attached hydrogens (primary N) is 1. The van der Waals surface area contributed by atoms with Crippen LogP contribution in [0.3, 0.4) is 0 Å². The minimum Gasteiger partial charge on any atom is -0.326 e. The van der Waals surface area contributed by atoms with Gasteiger partial charge in [0.15, 0.2) is 0 Å². The number of thioether (sulfide) groups is 1. The van der Waals surface area contributed by atoms with Crippen LogP contribution < -0.4 is 5.73 Å². The predicted molar refractivity (Wildman–Crippen MR) is 70.9 cm³/mol. The van der Waals surface area contributed by atoms with Gasteiger partial charge in [0.05, 0.1) is 0 Å². The molecule has 2 rings (SSSR count). The van der Waals surface area contributed by atoms with Crippen molar-refractivity contribution in [1.29, 1.82) is 0 Å². The van der Waals surface area contributed by atoms with Gasteiger partial charge in [-0.05, 0) is 36.6 Å². The van der Waals surface area contributed by atoms with E-state index < -0.39 is 0 Å². The van der Waals surface area contributed by atoms with Crippen LogP contribution in [0.25, 0.3) is 0 Å². The molecule has 16 heavy (non-hydrogen) atoms. The van der Waals surface area contributed by atoms with Gasteiger partial charge in [0, 0.05) is 29.6 Å². The topological polar surface area (TPSA) is 38.9 Å². The third kappa shape index (κ3) is 2.58. The molecule has 0 saturated heterocycles. The average Bonchev–Trinajstić information content (AvgIpc) is 2.35. The highest BCUT2D eigenvalue weighted by Gasteiger charge is 2.26. The van der Waals surface area contributed by atoms with Gasteiger partial charge in [-0.15, -0.1) is 0 Å². The summed E-state index contributed by atoms with van der Waals surface area (Å²) < 4.78 is 0. The zero-order valence-electron chi connectivity index (χ0n) is 9.86. The summed E-state index contributed by atoms with van der Waals surface area (Å²) in [5.74, 6) is 2.68.